The minimum atomic E-state index is 0.281. The van der Waals surface area contributed by atoms with Gasteiger partial charge in [0.05, 0.1) is 13.7 Å². The Morgan fingerprint density at radius 3 is 2.21 bits per heavy atom. The molecular weight excluding hydrogens is 302 g/mol. The Morgan fingerprint density at radius 1 is 0.958 bits per heavy atom. The maximum Gasteiger partial charge on any atom is 0.118 e. The average Bonchev–Trinajstić information content (AvgIpc) is 2.64. The number of nitrogens with zero attached hydrogens (tertiary/aromatic N) is 3. The highest BCUT2D eigenvalue weighted by Crippen LogP contribution is 2.20. The number of hydrogen-bond donors (Lipinski definition) is 1. The van der Waals surface area contributed by atoms with E-state index in [1.165, 1.54) is 31.5 Å². The number of β-amino-alcohol motifs (C(OH)–C–C–N with tert-alkyl or cyclic N) is 1. The number of piperazine rings is 1. The summed E-state index contributed by atoms with van der Waals surface area (Å²) in [6, 6.07) is 9.19. The SMILES string of the molecule is COc1ccc(CN2CCC(N3CCN(CCO)CC3)CC2)cc1. The molecule has 0 aromatic heterocycles. The quantitative estimate of drug-likeness (QED) is 0.849. The first-order valence-electron chi connectivity index (χ1n) is 9.21. The van der Waals surface area contributed by atoms with Gasteiger partial charge in [-0.2, -0.15) is 0 Å². The predicted octanol–water partition coefficient (Wildman–Crippen LogP) is 1.27. The number of piperidine rings is 1. The van der Waals surface area contributed by atoms with Crippen molar-refractivity contribution in [1.82, 2.24) is 14.7 Å². The second kappa shape index (κ2) is 8.81. The number of ether oxygens (including phenoxy) is 1. The van der Waals surface area contributed by atoms with Gasteiger partial charge in [-0.25, -0.2) is 0 Å². The number of benzene rings is 1. The molecule has 0 radical (unpaired) electrons. The van der Waals surface area contributed by atoms with Gasteiger partial charge in [-0.3, -0.25) is 14.7 Å². The smallest absolute Gasteiger partial charge is 0.118 e. The summed E-state index contributed by atoms with van der Waals surface area (Å²) >= 11 is 0. The second-order valence-electron chi connectivity index (χ2n) is 6.96. The van der Waals surface area contributed by atoms with Crippen LogP contribution in [-0.2, 0) is 6.54 Å². The molecule has 24 heavy (non-hydrogen) atoms. The molecule has 0 bridgehead atoms. The number of aliphatic hydroxyl groups excluding tert-OH is 1. The van der Waals surface area contributed by atoms with Gasteiger partial charge in [0.25, 0.3) is 0 Å². The molecule has 134 valence electrons. The van der Waals surface area contributed by atoms with Gasteiger partial charge in [0, 0.05) is 45.3 Å². The van der Waals surface area contributed by atoms with Gasteiger partial charge in [-0.1, -0.05) is 12.1 Å². The molecule has 0 aliphatic carbocycles. The molecule has 5 heteroatoms. The lowest BCUT2D eigenvalue weighted by molar-refractivity contribution is 0.0516. The summed E-state index contributed by atoms with van der Waals surface area (Å²) in [5.74, 6) is 0.929. The summed E-state index contributed by atoms with van der Waals surface area (Å²) in [4.78, 5) is 7.61. The third-order valence-electron chi connectivity index (χ3n) is 5.46. The lowest BCUT2D eigenvalue weighted by atomic mass is 10.0. The topological polar surface area (TPSA) is 39.2 Å². The van der Waals surface area contributed by atoms with Crippen LogP contribution in [0.2, 0.25) is 0 Å². The number of hydrogen-bond acceptors (Lipinski definition) is 5. The van der Waals surface area contributed by atoms with E-state index in [9.17, 15) is 0 Å². The highest BCUT2D eigenvalue weighted by Gasteiger charge is 2.27. The molecular formula is C19H31N3O2. The largest absolute Gasteiger partial charge is 0.497 e. The normalized spacial score (nSPS) is 21.9. The second-order valence-corrected chi connectivity index (χ2v) is 6.96. The van der Waals surface area contributed by atoms with Crippen molar-refractivity contribution >= 4 is 0 Å². The third-order valence-corrected chi connectivity index (χ3v) is 5.46. The van der Waals surface area contributed by atoms with E-state index in [0.717, 1.165) is 51.1 Å². The average molecular weight is 333 g/mol. The third kappa shape index (κ3) is 4.70. The van der Waals surface area contributed by atoms with Crippen LogP contribution in [0.1, 0.15) is 18.4 Å². The molecule has 2 heterocycles. The minimum Gasteiger partial charge on any atom is -0.497 e. The fourth-order valence-corrected chi connectivity index (χ4v) is 3.93. The number of methoxy groups -OCH3 is 1. The molecule has 0 spiro atoms. The van der Waals surface area contributed by atoms with Gasteiger partial charge in [-0.15, -0.1) is 0 Å². The van der Waals surface area contributed by atoms with Crippen LogP contribution in [0.15, 0.2) is 24.3 Å². The van der Waals surface area contributed by atoms with Gasteiger partial charge in [-0.05, 0) is 43.6 Å². The van der Waals surface area contributed by atoms with Crippen molar-refractivity contribution in [1.29, 1.82) is 0 Å². The molecule has 5 nitrogen and oxygen atoms in total. The molecule has 2 aliphatic heterocycles. The maximum atomic E-state index is 9.04. The molecule has 2 saturated heterocycles. The molecule has 1 N–H and O–H groups in total. The van der Waals surface area contributed by atoms with E-state index in [0.29, 0.717) is 0 Å². The van der Waals surface area contributed by atoms with Gasteiger partial charge in [0.1, 0.15) is 5.75 Å². The fourth-order valence-electron chi connectivity index (χ4n) is 3.93. The van der Waals surface area contributed by atoms with Gasteiger partial charge in [0.2, 0.25) is 0 Å². The summed E-state index contributed by atoms with van der Waals surface area (Å²) in [6.07, 6.45) is 2.55. The Hall–Kier alpha value is -1.14. The van der Waals surface area contributed by atoms with Crippen LogP contribution in [0.4, 0.5) is 0 Å². The summed E-state index contributed by atoms with van der Waals surface area (Å²) in [6.45, 7) is 9.05. The van der Waals surface area contributed by atoms with Crippen molar-refractivity contribution < 1.29 is 9.84 Å². The van der Waals surface area contributed by atoms with Gasteiger partial charge >= 0.3 is 0 Å². The van der Waals surface area contributed by atoms with Crippen molar-refractivity contribution in [3.63, 3.8) is 0 Å². The fraction of sp³-hybridized carbons (Fsp3) is 0.684. The Bertz CT molecular complexity index is 478. The molecule has 2 aliphatic rings. The molecule has 0 amide bonds. The Kier molecular flexibility index (Phi) is 6.49. The maximum absolute atomic E-state index is 9.04. The zero-order valence-electron chi connectivity index (χ0n) is 14.9. The summed E-state index contributed by atoms with van der Waals surface area (Å²) in [5, 5.41) is 9.04. The monoisotopic (exact) mass is 333 g/mol. The van der Waals surface area contributed by atoms with Crippen LogP contribution in [0.3, 0.4) is 0 Å². The van der Waals surface area contributed by atoms with Crippen LogP contribution in [-0.4, -0.2) is 85.4 Å². The lowest BCUT2D eigenvalue weighted by Gasteiger charge is -2.42. The highest BCUT2D eigenvalue weighted by molar-refractivity contribution is 5.27. The van der Waals surface area contributed by atoms with Crippen LogP contribution >= 0.6 is 0 Å². The van der Waals surface area contributed by atoms with E-state index < -0.39 is 0 Å². The molecule has 2 fully saturated rings. The van der Waals surface area contributed by atoms with E-state index >= 15 is 0 Å². The number of likely N-dealkylation sites (tertiary alicyclic amines) is 1. The van der Waals surface area contributed by atoms with Crippen LogP contribution in [0.25, 0.3) is 0 Å². The van der Waals surface area contributed by atoms with Crippen LogP contribution in [0, 0.1) is 0 Å². The molecule has 0 saturated carbocycles. The van der Waals surface area contributed by atoms with E-state index in [2.05, 4.69) is 26.8 Å². The number of aliphatic hydroxyl groups is 1. The first-order valence-corrected chi connectivity index (χ1v) is 9.21. The predicted molar refractivity (Wildman–Crippen MR) is 96.4 cm³/mol. The molecule has 1 aromatic rings. The number of rotatable bonds is 6. The van der Waals surface area contributed by atoms with Crippen molar-refractivity contribution in [3.05, 3.63) is 29.8 Å². The van der Waals surface area contributed by atoms with Crippen LogP contribution in [0.5, 0.6) is 5.75 Å². The highest BCUT2D eigenvalue weighted by atomic mass is 16.5. The minimum absolute atomic E-state index is 0.281. The summed E-state index contributed by atoms with van der Waals surface area (Å²) in [7, 11) is 1.71. The summed E-state index contributed by atoms with van der Waals surface area (Å²) < 4.78 is 5.23. The lowest BCUT2D eigenvalue weighted by Crippen LogP contribution is -2.53. The van der Waals surface area contributed by atoms with E-state index in [1.54, 1.807) is 7.11 Å². The van der Waals surface area contributed by atoms with Gasteiger partial charge < -0.3 is 9.84 Å². The first kappa shape index (κ1) is 17.7. The van der Waals surface area contributed by atoms with Crippen molar-refractivity contribution in [3.8, 4) is 5.75 Å². The van der Waals surface area contributed by atoms with E-state index in [1.807, 2.05) is 12.1 Å². The first-order chi connectivity index (χ1) is 11.8. The van der Waals surface area contributed by atoms with E-state index in [-0.39, 0.29) is 6.61 Å². The Morgan fingerprint density at radius 2 is 1.62 bits per heavy atom. The Balaban J connectivity index is 1.41. The van der Waals surface area contributed by atoms with E-state index in [4.69, 9.17) is 9.84 Å². The molecule has 0 unspecified atom stereocenters. The molecule has 0 atom stereocenters. The molecule has 1 aromatic carbocycles. The Labute approximate surface area is 145 Å². The van der Waals surface area contributed by atoms with Crippen molar-refractivity contribution in [2.24, 2.45) is 0 Å². The molecule has 3 rings (SSSR count). The van der Waals surface area contributed by atoms with Gasteiger partial charge in [0.15, 0.2) is 0 Å². The van der Waals surface area contributed by atoms with Crippen molar-refractivity contribution in [2.45, 2.75) is 25.4 Å². The summed E-state index contributed by atoms with van der Waals surface area (Å²) in [5.41, 5.74) is 1.37. The standard InChI is InChI=1S/C19H31N3O2/c1-24-19-4-2-17(3-5-19)16-21-8-6-18(7-9-21)22-12-10-20(11-13-22)14-15-23/h2-5,18,23H,6-16H2,1H3. The zero-order chi connectivity index (χ0) is 16.8. The van der Waals surface area contributed by atoms with Crippen LogP contribution < -0.4 is 4.74 Å². The van der Waals surface area contributed by atoms with Crippen molar-refractivity contribution in [2.75, 3.05) is 59.5 Å². The zero-order valence-corrected chi connectivity index (χ0v) is 14.9.